The van der Waals surface area contributed by atoms with E-state index in [1.165, 1.54) is 0 Å². The second-order valence-corrected chi connectivity index (χ2v) is 5.05. The van der Waals surface area contributed by atoms with Gasteiger partial charge in [-0.05, 0) is 12.3 Å². The summed E-state index contributed by atoms with van der Waals surface area (Å²) in [6.07, 6.45) is -3.03. The van der Waals surface area contributed by atoms with Crippen molar-refractivity contribution < 1.29 is 18.0 Å². The molecule has 0 saturated carbocycles. The number of carbonyl (C=O) groups is 1. The molecule has 5 nitrogen and oxygen atoms in total. The summed E-state index contributed by atoms with van der Waals surface area (Å²) in [5.74, 6) is -0.573. The Morgan fingerprint density at radius 1 is 1.40 bits per heavy atom. The number of hydrogen-bond acceptors (Lipinski definition) is 3. The van der Waals surface area contributed by atoms with Crippen LogP contribution in [0.1, 0.15) is 43.6 Å². The van der Waals surface area contributed by atoms with Crippen LogP contribution in [0.5, 0.6) is 0 Å². The van der Waals surface area contributed by atoms with Gasteiger partial charge in [0.25, 0.3) is 5.91 Å². The largest absolute Gasteiger partial charge is 0.406 e. The Balaban J connectivity index is 2.85. The molecule has 0 spiro atoms. The van der Waals surface area contributed by atoms with Crippen molar-refractivity contribution >= 4 is 5.91 Å². The number of nitrogens with one attached hydrogen (secondary N) is 1. The molecule has 0 saturated heterocycles. The molecule has 0 fully saturated rings. The van der Waals surface area contributed by atoms with Crippen LogP contribution in [-0.2, 0) is 6.42 Å². The van der Waals surface area contributed by atoms with Crippen LogP contribution < -0.4 is 0 Å². The molecule has 0 radical (unpaired) electrons. The lowest BCUT2D eigenvalue weighted by Crippen LogP contribution is -2.41. The number of nitrogens with zero attached hydrogens (tertiary/aromatic N) is 3. The summed E-state index contributed by atoms with van der Waals surface area (Å²) in [5, 5.41) is 6.27. The summed E-state index contributed by atoms with van der Waals surface area (Å²) in [6.45, 7) is 4.14. The molecule has 0 unspecified atom stereocenters. The molecular formula is C12H19F3N4O. The van der Waals surface area contributed by atoms with Crippen molar-refractivity contribution in [2.45, 2.75) is 39.8 Å². The molecule has 1 N–H and O–H groups in total. The van der Waals surface area contributed by atoms with E-state index in [0.717, 1.165) is 11.3 Å². The molecule has 114 valence electrons. The first-order valence-corrected chi connectivity index (χ1v) is 6.50. The van der Waals surface area contributed by atoms with Crippen LogP contribution in [0.4, 0.5) is 13.2 Å². The normalized spacial score (nSPS) is 11.9. The highest BCUT2D eigenvalue weighted by Crippen LogP contribution is 2.18. The van der Waals surface area contributed by atoms with Crippen LogP contribution in [0.15, 0.2) is 0 Å². The van der Waals surface area contributed by atoms with Crippen LogP contribution in [0.2, 0.25) is 0 Å². The molecule has 0 aliphatic carbocycles. The second-order valence-electron chi connectivity index (χ2n) is 5.05. The quantitative estimate of drug-likeness (QED) is 0.876. The molecule has 8 heteroatoms. The Labute approximate surface area is 115 Å². The summed E-state index contributed by atoms with van der Waals surface area (Å²) in [6, 6.07) is 0. The number of halogens is 3. The van der Waals surface area contributed by atoms with Crippen molar-refractivity contribution in [2.24, 2.45) is 5.92 Å². The van der Waals surface area contributed by atoms with E-state index in [1.54, 1.807) is 13.8 Å². The Morgan fingerprint density at radius 2 is 2.05 bits per heavy atom. The molecule has 1 rings (SSSR count). The summed E-state index contributed by atoms with van der Waals surface area (Å²) < 4.78 is 37.5. The number of H-pyrrole nitrogens is 1. The molecule has 1 amide bonds. The Hall–Kier alpha value is -1.60. The standard InChI is InChI=1S/C12H19F3N4O/c1-4-5-9-16-10(18-17-9)11(20)19(6-8(2)3)7-12(13,14)15/h8H,4-7H2,1-3H3,(H,16,17,18). The molecule has 0 aliphatic heterocycles. The lowest BCUT2D eigenvalue weighted by atomic mass is 10.2. The van der Waals surface area contributed by atoms with Gasteiger partial charge in [0.15, 0.2) is 0 Å². The monoisotopic (exact) mass is 292 g/mol. The number of hydrogen-bond donors (Lipinski definition) is 1. The topological polar surface area (TPSA) is 61.9 Å². The molecule has 1 heterocycles. The first-order chi connectivity index (χ1) is 9.23. The molecular weight excluding hydrogens is 273 g/mol. The highest BCUT2D eigenvalue weighted by Gasteiger charge is 2.34. The van der Waals surface area contributed by atoms with Crippen LogP contribution in [-0.4, -0.2) is 45.3 Å². The summed E-state index contributed by atoms with van der Waals surface area (Å²) >= 11 is 0. The first-order valence-electron chi connectivity index (χ1n) is 6.50. The van der Waals surface area contributed by atoms with Gasteiger partial charge in [0.1, 0.15) is 12.4 Å². The highest BCUT2D eigenvalue weighted by molar-refractivity contribution is 5.90. The van der Waals surface area contributed by atoms with E-state index in [0.29, 0.717) is 12.2 Å². The fourth-order valence-corrected chi connectivity index (χ4v) is 1.76. The molecule has 1 aromatic rings. The zero-order valence-corrected chi connectivity index (χ0v) is 11.8. The summed E-state index contributed by atoms with van der Waals surface area (Å²) in [5.41, 5.74) is 0. The van der Waals surface area contributed by atoms with Gasteiger partial charge in [-0.3, -0.25) is 9.89 Å². The van der Waals surface area contributed by atoms with Gasteiger partial charge in [0.2, 0.25) is 5.82 Å². The zero-order valence-electron chi connectivity index (χ0n) is 11.8. The van der Waals surface area contributed by atoms with Crippen molar-refractivity contribution in [1.82, 2.24) is 20.1 Å². The maximum Gasteiger partial charge on any atom is 0.406 e. The number of amides is 1. The number of aromatic nitrogens is 3. The zero-order chi connectivity index (χ0) is 15.3. The van der Waals surface area contributed by atoms with Gasteiger partial charge in [-0.1, -0.05) is 20.8 Å². The van der Waals surface area contributed by atoms with Crippen molar-refractivity contribution in [3.05, 3.63) is 11.6 Å². The molecule has 1 aromatic heterocycles. The van der Waals surface area contributed by atoms with Crippen LogP contribution in [0.25, 0.3) is 0 Å². The lowest BCUT2D eigenvalue weighted by Gasteiger charge is -2.24. The van der Waals surface area contributed by atoms with E-state index in [-0.39, 0.29) is 18.3 Å². The van der Waals surface area contributed by atoms with Crippen molar-refractivity contribution in [2.75, 3.05) is 13.1 Å². The number of alkyl halides is 3. The number of carbonyl (C=O) groups excluding carboxylic acids is 1. The second kappa shape index (κ2) is 6.71. The van der Waals surface area contributed by atoms with Gasteiger partial charge in [-0.2, -0.15) is 13.2 Å². The van der Waals surface area contributed by atoms with Gasteiger partial charge in [0, 0.05) is 13.0 Å². The predicted molar refractivity (Wildman–Crippen MR) is 67.2 cm³/mol. The van der Waals surface area contributed by atoms with Crippen molar-refractivity contribution in [3.8, 4) is 0 Å². The summed E-state index contributed by atoms with van der Waals surface area (Å²) in [7, 11) is 0. The van der Waals surface area contributed by atoms with Gasteiger partial charge < -0.3 is 4.90 Å². The smallest absolute Gasteiger partial charge is 0.327 e. The fraction of sp³-hybridized carbons (Fsp3) is 0.750. The first kappa shape index (κ1) is 16.5. The van der Waals surface area contributed by atoms with E-state index in [2.05, 4.69) is 15.2 Å². The third-order valence-corrected chi connectivity index (χ3v) is 2.45. The van der Waals surface area contributed by atoms with E-state index in [9.17, 15) is 18.0 Å². The minimum atomic E-state index is -4.44. The van der Waals surface area contributed by atoms with Gasteiger partial charge in [-0.25, -0.2) is 4.98 Å². The molecule has 0 aromatic carbocycles. The van der Waals surface area contributed by atoms with Crippen molar-refractivity contribution in [1.29, 1.82) is 0 Å². The molecule has 0 bridgehead atoms. The maximum atomic E-state index is 12.5. The SMILES string of the molecule is CCCc1nc(C(=O)N(CC(C)C)CC(F)(F)F)n[nH]1. The third kappa shape index (κ3) is 5.18. The van der Waals surface area contributed by atoms with E-state index < -0.39 is 18.6 Å². The fourth-order valence-electron chi connectivity index (χ4n) is 1.76. The van der Waals surface area contributed by atoms with Crippen LogP contribution in [0.3, 0.4) is 0 Å². The predicted octanol–water partition coefficient (Wildman–Crippen LogP) is 2.42. The van der Waals surface area contributed by atoms with Crippen molar-refractivity contribution in [3.63, 3.8) is 0 Å². The minimum absolute atomic E-state index is 0.00992. The Morgan fingerprint density at radius 3 is 2.55 bits per heavy atom. The summed E-state index contributed by atoms with van der Waals surface area (Å²) in [4.78, 5) is 16.7. The third-order valence-electron chi connectivity index (χ3n) is 2.45. The van der Waals surface area contributed by atoms with Gasteiger partial charge >= 0.3 is 6.18 Å². The average molecular weight is 292 g/mol. The molecule has 20 heavy (non-hydrogen) atoms. The number of rotatable bonds is 6. The van der Waals surface area contributed by atoms with Crippen LogP contribution >= 0.6 is 0 Å². The average Bonchev–Trinajstić information content (AvgIpc) is 2.73. The maximum absolute atomic E-state index is 12.5. The number of aromatic amines is 1. The molecule has 0 aliphatic rings. The lowest BCUT2D eigenvalue weighted by molar-refractivity contribution is -0.141. The van der Waals surface area contributed by atoms with Gasteiger partial charge in [-0.15, -0.1) is 5.10 Å². The highest BCUT2D eigenvalue weighted by atomic mass is 19.4. The van der Waals surface area contributed by atoms with E-state index >= 15 is 0 Å². The number of aryl methyl sites for hydroxylation is 1. The Kier molecular flexibility index (Phi) is 5.52. The van der Waals surface area contributed by atoms with Gasteiger partial charge in [0.05, 0.1) is 0 Å². The minimum Gasteiger partial charge on any atom is -0.327 e. The van der Waals surface area contributed by atoms with E-state index in [1.807, 2.05) is 6.92 Å². The van der Waals surface area contributed by atoms with E-state index in [4.69, 9.17) is 0 Å². The van der Waals surface area contributed by atoms with Crippen LogP contribution in [0, 0.1) is 5.92 Å². The molecule has 0 atom stereocenters. The Bertz CT molecular complexity index is 442.